The molecule has 0 bridgehead atoms. The van der Waals surface area contributed by atoms with Crippen LogP contribution in [0.5, 0.6) is 0 Å². The highest BCUT2D eigenvalue weighted by Gasteiger charge is 2.15. The minimum Gasteiger partial charge on any atom is -0.422 e. The van der Waals surface area contributed by atoms with Crippen LogP contribution in [0.3, 0.4) is 0 Å². The van der Waals surface area contributed by atoms with E-state index in [-0.39, 0.29) is 10.7 Å². The molecule has 3 aromatic rings. The second-order valence-corrected chi connectivity index (χ2v) is 5.90. The van der Waals surface area contributed by atoms with Gasteiger partial charge in [0.25, 0.3) is 5.91 Å². The third kappa shape index (κ3) is 4.01. The Morgan fingerprint density at radius 3 is 2.54 bits per heavy atom. The van der Waals surface area contributed by atoms with Gasteiger partial charge >= 0.3 is 5.63 Å². The van der Waals surface area contributed by atoms with Gasteiger partial charge in [-0.25, -0.2) is 14.8 Å². The van der Waals surface area contributed by atoms with Crippen molar-refractivity contribution in [3.63, 3.8) is 0 Å². The number of fused-ring (bicyclic) bond motifs is 1. The summed E-state index contributed by atoms with van der Waals surface area (Å²) < 4.78 is 5.14. The van der Waals surface area contributed by atoms with Gasteiger partial charge in [0.1, 0.15) is 11.1 Å². The number of rotatable bonds is 3. The molecular weight excluding hydrogens is 354 g/mol. The summed E-state index contributed by atoms with van der Waals surface area (Å²) in [5.74, 6) is -0.366. The monoisotopic (exact) mass is 369 g/mol. The van der Waals surface area contributed by atoms with Crippen LogP contribution in [0, 0.1) is 13.8 Å². The van der Waals surface area contributed by atoms with E-state index in [1.807, 2.05) is 19.9 Å². The van der Waals surface area contributed by atoms with Crippen molar-refractivity contribution in [2.24, 2.45) is 0 Å². The van der Waals surface area contributed by atoms with Crippen molar-refractivity contribution >= 4 is 40.2 Å². The van der Waals surface area contributed by atoms with Crippen LogP contribution in [0.2, 0.25) is 0 Å². The van der Waals surface area contributed by atoms with Gasteiger partial charge in [0.2, 0.25) is 5.95 Å². The average Bonchev–Trinajstić information content (AvgIpc) is 2.58. The molecule has 0 fully saturated rings. The van der Waals surface area contributed by atoms with Gasteiger partial charge in [-0.05, 0) is 44.3 Å². The molecule has 0 radical (unpaired) electrons. The molecule has 26 heavy (non-hydrogen) atoms. The fourth-order valence-electron chi connectivity index (χ4n) is 2.32. The number of hydrogen-bond acceptors (Lipinski definition) is 7. The maximum Gasteiger partial charge on any atom is 0.349 e. The van der Waals surface area contributed by atoms with Crippen molar-refractivity contribution in [2.75, 3.05) is 5.43 Å². The molecule has 0 saturated carbocycles. The lowest BCUT2D eigenvalue weighted by Gasteiger charge is -2.11. The lowest BCUT2D eigenvalue weighted by Crippen LogP contribution is -2.43. The summed E-state index contributed by atoms with van der Waals surface area (Å²) in [5, 5.41) is 3.00. The summed E-state index contributed by atoms with van der Waals surface area (Å²) in [6.07, 6.45) is 0. The highest BCUT2D eigenvalue weighted by molar-refractivity contribution is 7.80. The molecule has 9 heteroatoms. The largest absolute Gasteiger partial charge is 0.422 e. The summed E-state index contributed by atoms with van der Waals surface area (Å²) in [4.78, 5) is 32.6. The van der Waals surface area contributed by atoms with E-state index in [1.165, 1.54) is 6.07 Å². The minimum atomic E-state index is -0.741. The van der Waals surface area contributed by atoms with Gasteiger partial charge in [-0.3, -0.25) is 21.0 Å². The second kappa shape index (κ2) is 7.28. The molecule has 0 aliphatic carbocycles. The normalized spacial score (nSPS) is 10.4. The summed E-state index contributed by atoms with van der Waals surface area (Å²) in [7, 11) is 0. The molecule has 8 nitrogen and oxygen atoms in total. The van der Waals surface area contributed by atoms with Crippen LogP contribution in [0.1, 0.15) is 21.7 Å². The van der Waals surface area contributed by atoms with Crippen LogP contribution in [0.25, 0.3) is 11.0 Å². The highest BCUT2D eigenvalue weighted by Crippen LogP contribution is 2.12. The number of carbonyl (C=O) groups excluding carboxylic acids is 1. The van der Waals surface area contributed by atoms with Crippen LogP contribution in [0.15, 0.2) is 45.6 Å². The smallest absolute Gasteiger partial charge is 0.349 e. The van der Waals surface area contributed by atoms with E-state index in [9.17, 15) is 9.59 Å². The number of aromatic nitrogens is 2. The summed E-state index contributed by atoms with van der Waals surface area (Å²) in [6, 6.07) is 10.2. The van der Waals surface area contributed by atoms with Crippen LogP contribution in [-0.2, 0) is 0 Å². The van der Waals surface area contributed by atoms with Crippen molar-refractivity contribution in [2.45, 2.75) is 13.8 Å². The lowest BCUT2D eigenvalue weighted by atomic mass is 10.2. The second-order valence-electron chi connectivity index (χ2n) is 5.49. The number of benzene rings is 1. The molecule has 0 unspecified atom stereocenters. The van der Waals surface area contributed by atoms with Crippen LogP contribution in [-0.4, -0.2) is 21.0 Å². The number of para-hydroxylation sites is 1. The zero-order chi connectivity index (χ0) is 18.7. The Balaban J connectivity index is 1.68. The molecule has 0 spiro atoms. The van der Waals surface area contributed by atoms with Crippen LogP contribution in [0.4, 0.5) is 5.95 Å². The Morgan fingerprint density at radius 1 is 1.12 bits per heavy atom. The number of nitrogens with zero attached hydrogens (tertiary/aromatic N) is 2. The standard InChI is InChI=1S/C17H15N5O3S/c1-9-7-10(2)19-16(18-9)21-22-17(26)20-14(23)12-8-11-5-3-4-6-13(11)25-15(12)24/h3-8H,1-2H3,(H,18,19,21)(H2,20,22,23,26). The van der Waals surface area contributed by atoms with Crippen molar-refractivity contribution in [1.29, 1.82) is 0 Å². The van der Waals surface area contributed by atoms with E-state index in [1.54, 1.807) is 24.3 Å². The molecule has 0 atom stereocenters. The maximum absolute atomic E-state index is 12.3. The number of amides is 1. The first-order valence-electron chi connectivity index (χ1n) is 7.65. The van der Waals surface area contributed by atoms with Crippen molar-refractivity contribution in [3.8, 4) is 0 Å². The van der Waals surface area contributed by atoms with Crippen LogP contribution >= 0.6 is 12.2 Å². The molecule has 0 aliphatic rings. The van der Waals surface area contributed by atoms with E-state index in [0.29, 0.717) is 16.9 Å². The lowest BCUT2D eigenvalue weighted by molar-refractivity contribution is 0.0973. The van der Waals surface area contributed by atoms with Crippen molar-refractivity contribution < 1.29 is 9.21 Å². The number of carbonyl (C=O) groups is 1. The van der Waals surface area contributed by atoms with Gasteiger partial charge in [0.15, 0.2) is 5.11 Å². The Labute approximate surface area is 153 Å². The number of hydrogen-bond donors (Lipinski definition) is 3. The van der Waals surface area contributed by atoms with Gasteiger partial charge in [0.05, 0.1) is 0 Å². The van der Waals surface area contributed by atoms with E-state index in [0.717, 1.165) is 11.4 Å². The molecule has 1 amide bonds. The topological polar surface area (TPSA) is 109 Å². The van der Waals surface area contributed by atoms with E-state index < -0.39 is 11.5 Å². The zero-order valence-corrected chi connectivity index (χ0v) is 14.8. The number of aryl methyl sites for hydroxylation is 2. The number of hydrazine groups is 1. The molecule has 0 saturated heterocycles. The van der Waals surface area contributed by atoms with E-state index in [4.69, 9.17) is 16.6 Å². The zero-order valence-electron chi connectivity index (χ0n) is 14.0. The molecule has 1 aromatic carbocycles. The first-order chi connectivity index (χ1) is 12.4. The van der Waals surface area contributed by atoms with E-state index in [2.05, 4.69) is 26.1 Å². The summed E-state index contributed by atoms with van der Waals surface area (Å²) in [6.45, 7) is 3.66. The first-order valence-corrected chi connectivity index (χ1v) is 8.06. The first kappa shape index (κ1) is 17.5. The fourth-order valence-corrected chi connectivity index (χ4v) is 2.46. The quantitative estimate of drug-likeness (QED) is 0.364. The predicted molar refractivity (Wildman–Crippen MR) is 101 cm³/mol. The van der Waals surface area contributed by atoms with Crippen molar-refractivity contribution in [1.82, 2.24) is 20.7 Å². The highest BCUT2D eigenvalue weighted by atomic mass is 32.1. The number of thiocarbonyl (C=S) groups is 1. The molecule has 2 aromatic heterocycles. The third-order valence-electron chi connectivity index (χ3n) is 3.38. The molecule has 132 valence electrons. The number of nitrogens with one attached hydrogen (secondary N) is 3. The van der Waals surface area contributed by atoms with Crippen LogP contribution < -0.4 is 21.8 Å². The fraction of sp³-hybridized carbons (Fsp3) is 0.118. The maximum atomic E-state index is 12.3. The molecule has 0 aliphatic heterocycles. The van der Waals surface area contributed by atoms with Gasteiger partial charge in [0, 0.05) is 16.8 Å². The van der Waals surface area contributed by atoms with Gasteiger partial charge in [-0.15, -0.1) is 0 Å². The van der Waals surface area contributed by atoms with Crippen molar-refractivity contribution in [3.05, 3.63) is 63.8 Å². The summed E-state index contributed by atoms with van der Waals surface area (Å²) >= 11 is 5.04. The van der Waals surface area contributed by atoms with Gasteiger partial charge in [-0.1, -0.05) is 18.2 Å². The Morgan fingerprint density at radius 2 is 1.81 bits per heavy atom. The Kier molecular flexibility index (Phi) is 4.90. The minimum absolute atomic E-state index is 0.0367. The molecule has 3 N–H and O–H groups in total. The third-order valence-corrected chi connectivity index (χ3v) is 3.59. The van der Waals surface area contributed by atoms with E-state index >= 15 is 0 Å². The molecule has 2 heterocycles. The molecule has 3 rings (SSSR count). The van der Waals surface area contributed by atoms with Gasteiger partial charge < -0.3 is 4.42 Å². The Bertz CT molecular complexity index is 1040. The SMILES string of the molecule is Cc1cc(C)nc(NNC(=S)NC(=O)c2cc3ccccc3oc2=O)n1. The Hall–Kier alpha value is -3.33. The number of anilines is 1. The summed E-state index contributed by atoms with van der Waals surface area (Å²) in [5.41, 5.74) is 6.39. The predicted octanol–water partition coefficient (Wildman–Crippen LogP) is 1.83. The average molecular weight is 369 g/mol. The van der Waals surface area contributed by atoms with Gasteiger partial charge in [-0.2, -0.15) is 0 Å². The molecular formula is C17H15N5O3S.